The Labute approximate surface area is 177 Å². The number of ether oxygens (including phenoxy) is 2. The number of nitrogens with one attached hydrogen (secondary N) is 1. The van der Waals surface area contributed by atoms with E-state index in [0.717, 1.165) is 10.6 Å². The lowest BCUT2D eigenvalue weighted by atomic mass is 10.2. The number of furan rings is 1. The number of anilines is 1. The minimum absolute atomic E-state index is 0.0451. The highest BCUT2D eigenvalue weighted by Gasteiger charge is 2.33. The summed E-state index contributed by atoms with van der Waals surface area (Å²) in [5, 5.41) is 3.09. The standard InChI is InChI=1S/C19H19N3O6S2/c1-26-12-5-6-14(27-2)17(10-12)30(24,25)22-8-7-13-16(11-22)29-19(20-13)21-18(23)15-4-3-9-28-15/h3-6,9-10H,7-8,11H2,1-2H3,(H,20,21,23). The van der Waals surface area contributed by atoms with Gasteiger partial charge in [0.1, 0.15) is 16.4 Å². The first-order valence-electron chi connectivity index (χ1n) is 8.98. The molecule has 3 heterocycles. The van der Waals surface area contributed by atoms with Crippen LogP contribution < -0.4 is 14.8 Å². The third kappa shape index (κ3) is 3.78. The highest BCUT2D eigenvalue weighted by molar-refractivity contribution is 7.89. The van der Waals surface area contributed by atoms with Gasteiger partial charge in [0.25, 0.3) is 5.91 Å². The van der Waals surface area contributed by atoms with Crippen LogP contribution in [0.1, 0.15) is 21.1 Å². The number of carbonyl (C=O) groups excluding carboxylic acids is 1. The summed E-state index contributed by atoms with van der Waals surface area (Å²) in [4.78, 5) is 17.4. The van der Waals surface area contributed by atoms with Gasteiger partial charge in [0.2, 0.25) is 10.0 Å². The Morgan fingerprint density at radius 2 is 2.10 bits per heavy atom. The van der Waals surface area contributed by atoms with Gasteiger partial charge in [-0.05, 0) is 24.3 Å². The molecule has 0 spiro atoms. The first kappa shape index (κ1) is 20.4. The van der Waals surface area contributed by atoms with Gasteiger partial charge >= 0.3 is 0 Å². The molecule has 3 aromatic rings. The molecule has 1 aliphatic rings. The van der Waals surface area contributed by atoms with Gasteiger partial charge in [-0.1, -0.05) is 0 Å². The van der Waals surface area contributed by atoms with E-state index in [4.69, 9.17) is 13.9 Å². The number of fused-ring (bicyclic) bond motifs is 1. The minimum Gasteiger partial charge on any atom is -0.497 e. The van der Waals surface area contributed by atoms with Gasteiger partial charge < -0.3 is 13.9 Å². The second kappa shape index (κ2) is 8.09. The average molecular weight is 450 g/mol. The number of aromatic nitrogens is 1. The summed E-state index contributed by atoms with van der Waals surface area (Å²) in [6, 6.07) is 7.83. The van der Waals surface area contributed by atoms with Crippen LogP contribution in [0.2, 0.25) is 0 Å². The lowest BCUT2D eigenvalue weighted by Crippen LogP contribution is -2.35. The lowest BCUT2D eigenvalue weighted by Gasteiger charge is -2.26. The van der Waals surface area contributed by atoms with Crippen molar-refractivity contribution >= 4 is 32.4 Å². The fourth-order valence-corrected chi connectivity index (χ4v) is 5.80. The Morgan fingerprint density at radius 3 is 2.80 bits per heavy atom. The zero-order chi connectivity index (χ0) is 21.3. The number of hydrogen-bond donors (Lipinski definition) is 1. The Hall–Kier alpha value is -2.89. The molecule has 0 fully saturated rings. The average Bonchev–Trinajstić information content (AvgIpc) is 3.42. The first-order chi connectivity index (χ1) is 14.4. The molecule has 0 aliphatic carbocycles. The number of benzene rings is 1. The second-order valence-corrected chi connectivity index (χ2v) is 9.42. The van der Waals surface area contributed by atoms with Gasteiger partial charge in [0.05, 0.1) is 32.7 Å². The molecule has 2 aromatic heterocycles. The fourth-order valence-electron chi connectivity index (χ4n) is 3.12. The van der Waals surface area contributed by atoms with Crippen molar-refractivity contribution in [2.75, 3.05) is 26.1 Å². The van der Waals surface area contributed by atoms with Crippen LogP contribution in [0.15, 0.2) is 45.9 Å². The summed E-state index contributed by atoms with van der Waals surface area (Å²) in [6.07, 6.45) is 1.85. The van der Waals surface area contributed by atoms with Crippen molar-refractivity contribution in [1.29, 1.82) is 0 Å². The Morgan fingerprint density at radius 1 is 1.27 bits per heavy atom. The van der Waals surface area contributed by atoms with E-state index in [1.807, 2.05) is 0 Å². The van der Waals surface area contributed by atoms with Crippen molar-refractivity contribution in [3.05, 3.63) is 52.9 Å². The molecule has 0 saturated carbocycles. The van der Waals surface area contributed by atoms with Crippen LogP contribution in [0.5, 0.6) is 11.5 Å². The largest absolute Gasteiger partial charge is 0.497 e. The molecule has 1 aromatic carbocycles. The molecule has 9 nitrogen and oxygen atoms in total. The van der Waals surface area contributed by atoms with Crippen molar-refractivity contribution in [3.8, 4) is 11.5 Å². The Balaban J connectivity index is 1.57. The lowest BCUT2D eigenvalue weighted by molar-refractivity contribution is 0.0996. The number of methoxy groups -OCH3 is 2. The molecule has 0 radical (unpaired) electrons. The highest BCUT2D eigenvalue weighted by Crippen LogP contribution is 2.35. The van der Waals surface area contributed by atoms with E-state index in [0.29, 0.717) is 17.3 Å². The van der Waals surface area contributed by atoms with Gasteiger partial charge in [-0.25, -0.2) is 13.4 Å². The zero-order valence-corrected chi connectivity index (χ0v) is 17.9. The van der Waals surface area contributed by atoms with Crippen LogP contribution in [0.3, 0.4) is 0 Å². The van der Waals surface area contributed by atoms with Crippen LogP contribution in [0.25, 0.3) is 0 Å². The number of nitrogens with zero attached hydrogens (tertiary/aromatic N) is 2. The number of hydrogen-bond acceptors (Lipinski definition) is 8. The monoisotopic (exact) mass is 449 g/mol. The van der Waals surface area contributed by atoms with Gasteiger partial charge in [-0.3, -0.25) is 10.1 Å². The smallest absolute Gasteiger partial charge is 0.293 e. The van der Waals surface area contributed by atoms with Gasteiger partial charge in [-0.15, -0.1) is 11.3 Å². The predicted octanol–water partition coefficient (Wildman–Crippen LogP) is 2.75. The maximum atomic E-state index is 13.3. The summed E-state index contributed by atoms with van der Waals surface area (Å²) in [5.74, 6) is 0.444. The molecule has 1 N–H and O–H groups in total. The van der Waals surface area contributed by atoms with Crippen molar-refractivity contribution in [1.82, 2.24) is 9.29 Å². The maximum absolute atomic E-state index is 13.3. The van der Waals surface area contributed by atoms with E-state index in [-0.39, 0.29) is 29.5 Å². The van der Waals surface area contributed by atoms with E-state index < -0.39 is 15.9 Å². The van der Waals surface area contributed by atoms with E-state index >= 15 is 0 Å². The van der Waals surface area contributed by atoms with E-state index in [1.165, 1.54) is 42.2 Å². The molecule has 0 bridgehead atoms. The van der Waals surface area contributed by atoms with E-state index in [1.54, 1.807) is 24.3 Å². The molecule has 0 unspecified atom stereocenters. The summed E-state index contributed by atoms with van der Waals surface area (Å²) in [5.41, 5.74) is 0.777. The number of thiazole rings is 1. The van der Waals surface area contributed by atoms with Gasteiger partial charge in [0, 0.05) is 23.9 Å². The topological polar surface area (TPSA) is 111 Å². The summed E-state index contributed by atoms with van der Waals surface area (Å²) >= 11 is 1.25. The zero-order valence-electron chi connectivity index (χ0n) is 16.2. The minimum atomic E-state index is -3.82. The van der Waals surface area contributed by atoms with Crippen LogP contribution in [-0.2, 0) is 23.0 Å². The molecule has 1 amide bonds. The number of amides is 1. The van der Waals surface area contributed by atoms with E-state index in [2.05, 4.69) is 10.3 Å². The van der Waals surface area contributed by atoms with Crippen LogP contribution >= 0.6 is 11.3 Å². The van der Waals surface area contributed by atoms with E-state index in [9.17, 15) is 13.2 Å². The number of carbonyl (C=O) groups is 1. The third-order valence-electron chi connectivity index (χ3n) is 4.65. The van der Waals surface area contributed by atoms with Gasteiger partial charge in [0.15, 0.2) is 10.9 Å². The Kier molecular flexibility index (Phi) is 5.50. The first-order valence-corrected chi connectivity index (χ1v) is 11.2. The molecule has 30 heavy (non-hydrogen) atoms. The van der Waals surface area contributed by atoms with Crippen molar-refractivity contribution < 1.29 is 27.1 Å². The fraction of sp³-hybridized carbons (Fsp3) is 0.263. The third-order valence-corrected chi connectivity index (χ3v) is 7.51. The molecule has 11 heteroatoms. The van der Waals surface area contributed by atoms with Crippen molar-refractivity contribution in [2.24, 2.45) is 0 Å². The quantitative estimate of drug-likeness (QED) is 0.616. The van der Waals surface area contributed by atoms with Crippen molar-refractivity contribution in [3.63, 3.8) is 0 Å². The molecule has 158 valence electrons. The predicted molar refractivity (Wildman–Crippen MR) is 110 cm³/mol. The van der Waals surface area contributed by atoms with Crippen LogP contribution in [0, 0.1) is 0 Å². The van der Waals surface area contributed by atoms with Crippen LogP contribution in [-0.4, -0.2) is 44.4 Å². The normalized spacial score (nSPS) is 14.2. The Bertz CT molecular complexity index is 1170. The maximum Gasteiger partial charge on any atom is 0.293 e. The number of sulfonamides is 1. The molecular formula is C19H19N3O6S2. The highest BCUT2D eigenvalue weighted by atomic mass is 32.2. The summed E-state index contributed by atoms with van der Waals surface area (Å²) in [6.45, 7) is 0.428. The molecular weight excluding hydrogens is 430 g/mol. The summed E-state index contributed by atoms with van der Waals surface area (Å²) in [7, 11) is -0.928. The van der Waals surface area contributed by atoms with Crippen LogP contribution in [0.4, 0.5) is 5.13 Å². The molecule has 0 saturated heterocycles. The molecule has 0 atom stereocenters. The van der Waals surface area contributed by atoms with Crippen molar-refractivity contribution in [2.45, 2.75) is 17.9 Å². The summed E-state index contributed by atoms with van der Waals surface area (Å²) < 4.78 is 43.4. The number of rotatable bonds is 6. The molecule has 4 rings (SSSR count). The van der Waals surface area contributed by atoms with Gasteiger partial charge in [-0.2, -0.15) is 4.31 Å². The second-order valence-electron chi connectivity index (χ2n) is 6.43. The SMILES string of the molecule is COc1ccc(OC)c(S(=O)(=O)N2CCc3nc(NC(=O)c4ccco4)sc3C2)c1. The molecule has 1 aliphatic heterocycles.